The maximum Gasteiger partial charge on any atom is 0.255 e. The van der Waals surface area contributed by atoms with Gasteiger partial charge in [0, 0.05) is 16.8 Å². The summed E-state index contributed by atoms with van der Waals surface area (Å²) in [6, 6.07) is 20.6. The molecule has 1 amide bonds. The SMILES string of the molecule is Cc1cccc(C(=O)Nc2ccc(Cl)c(-c3nc4ccccc4[nH]3)c2)c1. The number of H-pyrrole nitrogens is 1. The van der Waals surface area contributed by atoms with Crippen molar-refractivity contribution < 1.29 is 4.79 Å². The summed E-state index contributed by atoms with van der Waals surface area (Å²) in [5, 5.41) is 3.48. The maximum atomic E-state index is 12.5. The first-order valence-electron chi connectivity index (χ1n) is 8.23. The Balaban J connectivity index is 1.67. The van der Waals surface area contributed by atoms with Crippen LogP contribution in [0.5, 0.6) is 0 Å². The van der Waals surface area contributed by atoms with Gasteiger partial charge in [-0.05, 0) is 49.4 Å². The lowest BCUT2D eigenvalue weighted by atomic mass is 10.1. The largest absolute Gasteiger partial charge is 0.338 e. The summed E-state index contributed by atoms with van der Waals surface area (Å²) in [4.78, 5) is 20.3. The van der Waals surface area contributed by atoms with Crippen LogP contribution in [0.25, 0.3) is 22.4 Å². The van der Waals surface area contributed by atoms with Crippen LogP contribution < -0.4 is 5.32 Å². The number of hydrogen-bond acceptors (Lipinski definition) is 2. The van der Waals surface area contributed by atoms with Crippen LogP contribution in [0.1, 0.15) is 15.9 Å². The van der Waals surface area contributed by atoms with Gasteiger partial charge in [-0.1, -0.05) is 41.4 Å². The lowest BCUT2D eigenvalue weighted by molar-refractivity contribution is 0.102. The fourth-order valence-corrected chi connectivity index (χ4v) is 3.06. The van der Waals surface area contributed by atoms with E-state index in [1.165, 1.54) is 0 Å². The number of aromatic amines is 1. The molecule has 1 heterocycles. The number of imidazole rings is 1. The highest BCUT2D eigenvalue weighted by Crippen LogP contribution is 2.30. The van der Waals surface area contributed by atoms with E-state index in [2.05, 4.69) is 15.3 Å². The second-order valence-corrected chi connectivity index (χ2v) is 6.53. The molecule has 0 saturated carbocycles. The zero-order chi connectivity index (χ0) is 18.1. The summed E-state index contributed by atoms with van der Waals surface area (Å²) >= 11 is 6.36. The predicted molar refractivity (Wildman–Crippen MR) is 106 cm³/mol. The van der Waals surface area contributed by atoms with E-state index < -0.39 is 0 Å². The fraction of sp³-hybridized carbons (Fsp3) is 0.0476. The quantitative estimate of drug-likeness (QED) is 0.510. The average Bonchev–Trinajstić information content (AvgIpc) is 3.07. The molecule has 26 heavy (non-hydrogen) atoms. The van der Waals surface area contributed by atoms with Gasteiger partial charge < -0.3 is 10.3 Å². The Morgan fingerprint density at radius 1 is 1.04 bits per heavy atom. The van der Waals surface area contributed by atoms with E-state index in [4.69, 9.17) is 11.6 Å². The van der Waals surface area contributed by atoms with Crippen molar-refractivity contribution in [3.8, 4) is 11.4 Å². The summed E-state index contributed by atoms with van der Waals surface area (Å²) < 4.78 is 0. The van der Waals surface area contributed by atoms with Crippen LogP contribution in [-0.2, 0) is 0 Å². The van der Waals surface area contributed by atoms with Crippen molar-refractivity contribution in [3.05, 3.63) is 82.9 Å². The minimum atomic E-state index is -0.161. The Morgan fingerprint density at radius 3 is 2.69 bits per heavy atom. The van der Waals surface area contributed by atoms with E-state index >= 15 is 0 Å². The molecule has 3 aromatic carbocycles. The van der Waals surface area contributed by atoms with E-state index in [0.717, 1.165) is 22.2 Å². The number of rotatable bonds is 3. The minimum absolute atomic E-state index is 0.161. The summed E-state index contributed by atoms with van der Waals surface area (Å²) in [6.07, 6.45) is 0. The number of aromatic nitrogens is 2. The van der Waals surface area contributed by atoms with Gasteiger partial charge in [0.15, 0.2) is 0 Å². The van der Waals surface area contributed by atoms with Crippen molar-refractivity contribution in [3.63, 3.8) is 0 Å². The highest BCUT2D eigenvalue weighted by atomic mass is 35.5. The molecule has 5 heteroatoms. The molecule has 0 aliphatic heterocycles. The topological polar surface area (TPSA) is 57.8 Å². The monoisotopic (exact) mass is 361 g/mol. The zero-order valence-electron chi connectivity index (χ0n) is 14.1. The van der Waals surface area contributed by atoms with Gasteiger partial charge in [-0.3, -0.25) is 4.79 Å². The highest BCUT2D eigenvalue weighted by Gasteiger charge is 2.12. The van der Waals surface area contributed by atoms with Crippen LogP contribution in [0.15, 0.2) is 66.7 Å². The molecule has 0 spiro atoms. The van der Waals surface area contributed by atoms with Gasteiger partial charge in [0.05, 0.1) is 16.1 Å². The number of anilines is 1. The van der Waals surface area contributed by atoms with Gasteiger partial charge in [0.1, 0.15) is 5.82 Å². The van der Waals surface area contributed by atoms with Gasteiger partial charge in [0.25, 0.3) is 5.91 Å². The van der Waals surface area contributed by atoms with Crippen molar-refractivity contribution in [1.82, 2.24) is 9.97 Å². The van der Waals surface area contributed by atoms with Gasteiger partial charge in [0.2, 0.25) is 0 Å². The number of para-hydroxylation sites is 2. The summed E-state index contributed by atoms with van der Waals surface area (Å²) in [7, 11) is 0. The molecule has 4 nitrogen and oxygen atoms in total. The molecule has 0 unspecified atom stereocenters. The molecular weight excluding hydrogens is 346 g/mol. The Labute approximate surface area is 155 Å². The average molecular weight is 362 g/mol. The number of amides is 1. The molecule has 4 aromatic rings. The van der Waals surface area contributed by atoms with Crippen LogP contribution in [0, 0.1) is 6.92 Å². The normalized spacial score (nSPS) is 10.8. The number of nitrogens with one attached hydrogen (secondary N) is 2. The highest BCUT2D eigenvalue weighted by molar-refractivity contribution is 6.33. The number of fused-ring (bicyclic) bond motifs is 1. The molecule has 0 aliphatic carbocycles. The maximum absolute atomic E-state index is 12.5. The van der Waals surface area contributed by atoms with Gasteiger partial charge in [-0.15, -0.1) is 0 Å². The number of carbonyl (C=O) groups is 1. The summed E-state index contributed by atoms with van der Waals surface area (Å²) in [6.45, 7) is 1.96. The molecule has 4 rings (SSSR count). The molecule has 128 valence electrons. The van der Waals surface area contributed by atoms with Crippen molar-refractivity contribution >= 4 is 34.2 Å². The van der Waals surface area contributed by atoms with E-state index in [1.54, 1.807) is 18.2 Å². The molecule has 0 saturated heterocycles. The van der Waals surface area contributed by atoms with Crippen LogP contribution in [0.3, 0.4) is 0 Å². The van der Waals surface area contributed by atoms with E-state index in [-0.39, 0.29) is 5.91 Å². The van der Waals surface area contributed by atoms with Crippen molar-refractivity contribution in [2.24, 2.45) is 0 Å². The third-order valence-corrected chi connectivity index (χ3v) is 4.48. The van der Waals surface area contributed by atoms with E-state index in [9.17, 15) is 4.79 Å². The Bertz CT molecular complexity index is 1080. The second kappa shape index (κ2) is 6.65. The van der Waals surface area contributed by atoms with Crippen molar-refractivity contribution in [1.29, 1.82) is 0 Å². The van der Waals surface area contributed by atoms with Gasteiger partial charge in [-0.2, -0.15) is 0 Å². The first kappa shape index (κ1) is 16.4. The molecule has 1 aromatic heterocycles. The molecular formula is C21H16ClN3O. The Kier molecular flexibility index (Phi) is 4.19. The molecule has 0 fully saturated rings. The fourth-order valence-electron chi connectivity index (χ4n) is 2.85. The third-order valence-electron chi connectivity index (χ3n) is 4.15. The third kappa shape index (κ3) is 3.19. The second-order valence-electron chi connectivity index (χ2n) is 6.12. The molecule has 0 aliphatic rings. The Morgan fingerprint density at radius 2 is 1.88 bits per heavy atom. The number of halogens is 1. The van der Waals surface area contributed by atoms with Crippen LogP contribution in [0.2, 0.25) is 5.02 Å². The van der Waals surface area contributed by atoms with Crippen LogP contribution in [-0.4, -0.2) is 15.9 Å². The van der Waals surface area contributed by atoms with Gasteiger partial charge >= 0.3 is 0 Å². The number of benzene rings is 3. The minimum Gasteiger partial charge on any atom is -0.338 e. The number of aryl methyl sites for hydroxylation is 1. The first-order valence-corrected chi connectivity index (χ1v) is 8.61. The van der Waals surface area contributed by atoms with Crippen LogP contribution in [0.4, 0.5) is 5.69 Å². The van der Waals surface area contributed by atoms with Gasteiger partial charge in [-0.25, -0.2) is 4.98 Å². The van der Waals surface area contributed by atoms with Crippen molar-refractivity contribution in [2.75, 3.05) is 5.32 Å². The molecule has 0 radical (unpaired) electrons. The number of nitrogens with zero attached hydrogens (tertiary/aromatic N) is 1. The van der Waals surface area contributed by atoms with Crippen LogP contribution >= 0.6 is 11.6 Å². The standard InChI is InChI=1S/C21H16ClN3O/c1-13-5-4-6-14(11-13)21(26)23-15-9-10-17(22)16(12-15)20-24-18-7-2-3-8-19(18)25-20/h2-12H,1H3,(H,23,26)(H,24,25). The molecule has 0 bridgehead atoms. The Hall–Kier alpha value is -3.11. The molecule has 0 atom stereocenters. The predicted octanol–water partition coefficient (Wildman–Crippen LogP) is 5.44. The first-order chi connectivity index (χ1) is 12.6. The summed E-state index contributed by atoms with van der Waals surface area (Å²) in [5.74, 6) is 0.509. The van der Waals surface area contributed by atoms with E-state index in [1.807, 2.05) is 55.5 Å². The summed E-state index contributed by atoms with van der Waals surface area (Å²) in [5.41, 5.74) is 4.86. The lowest BCUT2D eigenvalue weighted by Crippen LogP contribution is -2.12. The number of carbonyl (C=O) groups excluding carboxylic acids is 1. The zero-order valence-corrected chi connectivity index (χ0v) is 14.8. The number of hydrogen-bond donors (Lipinski definition) is 2. The molecule has 2 N–H and O–H groups in total. The van der Waals surface area contributed by atoms with Crippen molar-refractivity contribution in [2.45, 2.75) is 6.92 Å². The van der Waals surface area contributed by atoms with E-state index in [0.29, 0.717) is 22.1 Å². The lowest BCUT2D eigenvalue weighted by Gasteiger charge is -2.08. The smallest absolute Gasteiger partial charge is 0.255 e.